The maximum atomic E-state index is 12.5. The minimum Gasteiger partial charge on any atom is -0.487 e. The quantitative estimate of drug-likeness (QED) is 0.777. The molecule has 0 unspecified atom stereocenters. The summed E-state index contributed by atoms with van der Waals surface area (Å²) in [4.78, 5) is 40.0. The second-order valence-electron chi connectivity index (χ2n) is 7.13. The van der Waals surface area contributed by atoms with Gasteiger partial charge in [0, 0.05) is 23.7 Å². The molecule has 1 aromatic carbocycles. The van der Waals surface area contributed by atoms with Crippen molar-refractivity contribution in [1.29, 1.82) is 0 Å². The molecule has 7 heteroatoms. The number of amides is 1. The molecule has 3 N–H and O–H groups in total. The van der Waals surface area contributed by atoms with E-state index in [1.54, 1.807) is 0 Å². The molecular formula is C19H21N3O4. The lowest BCUT2D eigenvalue weighted by molar-refractivity contribution is -0.121. The fourth-order valence-electron chi connectivity index (χ4n) is 4.06. The zero-order valence-electron chi connectivity index (χ0n) is 14.3. The Morgan fingerprint density at radius 3 is 2.77 bits per heavy atom. The van der Waals surface area contributed by atoms with E-state index >= 15 is 0 Å². The van der Waals surface area contributed by atoms with E-state index in [1.807, 2.05) is 24.3 Å². The third-order valence-electron chi connectivity index (χ3n) is 5.29. The van der Waals surface area contributed by atoms with Crippen LogP contribution < -0.4 is 21.3 Å². The van der Waals surface area contributed by atoms with Crippen molar-refractivity contribution in [3.8, 4) is 5.75 Å². The van der Waals surface area contributed by atoms with Gasteiger partial charge in [0.15, 0.2) is 0 Å². The second-order valence-corrected chi connectivity index (χ2v) is 7.13. The molecule has 1 spiro atoms. The fourth-order valence-corrected chi connectivity index (χ4v) is 4.06. The number of benzene rings is 1. The lowest BCUT2D eigenvalue weighted by atomic mass is 9.86. The van der Waals surface area contributed by atoms with Crippen LogP contribution >= 0.6 is 0 Å². The predicted molar refractivity (Wildman–Crippen MR) is 95.2 cm³/mol. The number of hydrogen-bond acceptors (Lipinski definition) is 4. The molecule has 0 saturated heterocycles. The number of hydrogen-bond donors (Lipinski definition) is 3. The summed E-state index contributed by atoms with van der Waals surface area (Å²) < 4.78 is 6.30. The first-order valence-electron chi connectivity index (χ1n) is 8.93. The van der Waals surface area contributed by atoms with Gasteiger partial charge in [0.1, 0.15) is 11.4 Å². The van der Waals surface area contributed by atoms with E-state index in [0.29, 0.717) is 0 Å². The molecule has 1 aliphatic heterocycles. The van der Waals surface area contributed by atoms with Gasteiger partial charge < -0.3 is 15.0 Å². The maximum Gasteiger partial charge on any atom is 0.325 e. The van der Waals surface area contributed by atoms with E-state index in [9.17, 15) is 14.4 Å². The van der Waals surface area contributed by atoms with Gasteiger partial charge in [-0.1, -0.05) is 18.2 Å². The van der Waals surface area contributed by atoms with Crippen molar-refractivity contribution in [2.24, 2.45) is 0 Å². The van der Waals surface area contributed by atoms with Gasteiger partial charge in [-0.3, -0.25) is 14.6 Å². The third-order valence-corrected chi connectivity index (χ3v) is 5.29. The molecule has 26 heavy (non-hydrogen) atoms. The number of para-hydroxylation sites is 1. The predicted octanol–water partition coefficient (Wildman–Crippen LogP) is 1.56. The molecule has 1 aromatic heterocycles. The van der Waals surface area contributed by atoms with E-state index in [4.69, 9.17) is 4.74 Å². The average Bonchev–Trinajstić information content (AvgIpc) is 3.05. The number of rotatable bonds is 3. The first-order chi connectivity index (χ1) is 12.5. The molecule has 2 aliphatic rings. The Morgan fingerprint density at radius 1 is 1.23 bits per heavy atom. The van der Waals surface area contributed by atoms with Crippen molar-refractivity contribution in [2.75, 3.05) is 0 Å². The topological polar surface area (TPSA) is 104 Å². The van der Waals surface area contributed by atoms with Crippen LogP contribution in [0.2, 0.25) is 0 Å². The van der Waals surface area contributed by atoms with Crippen LogP contribution in [0.3, 0.4) is 0 Å². The highest BCUT2D eigenvalue weighted by Crippen LogP contribution is 2.46. The number of nitrogens with one attached hydrogen (secondary N) is 3. The van der Waals surface area contributed by atoms with Gasteiger partial charge in [-0.05, 0) is 31.7 Å². The number of ether oxygens (including phenoxy) is 1. The monoisotopic (exact) mass is 355 g/mol. The Morgan fingerprint density at radius 2 is 2.00 bits per heavy atom. The summed E-state index contributed by atoms with van der Waals surface area (Å²) in [5, 5.41) is 3.05. The lowest BCUT2D eigenvalue weighted by Crippen LogP contribution is -2.44. The molecule has 4 rings (SSSR count). The van der Waals surface area contributed by atoms with Crippen LogP contribution in [0.5, 0.6) is 5.75 Å². The minimum absolute atomic E-state index is 0.0847. The number of H-pyrrole nitrogens is 2. The van der Waals surface area contributed by atoms with Crippen LogP contribution in [0, 0.1) is 0 Å². The largest absolute Gasteiger partial charge is 0.487 e. The van der Waals surface area contributed by atoms with Crippen LogP contribution in [0.4, 0.5) is 0 Å². The van der Waals surface area contributed by atoms with Crippen LogP contribution in [0.15, 0.2) is 40.1 Å². The third kappa shape index (κ3) is 3.16. The number of fused-ring (bicyclic) bond motifs is 1. The zero-order valence-corrected chi connectivity index (χ0v) is 14.3. The number of aromatic nitrogens is 2. The highest BCUT2D eigenvalue weighted by molar-refractivity contribution is 5.79. The standard InChI is InChI=1S/C19H21N3O4/c23-16(9-12-11-20-18(25)22-17(12)24)21-14-10-19(7-3-4-8-19)26-15-6-2-1-5-13(14)15/h1-2,5-6,11,14H,3-4,7-10H2,(H,21,23)(H2,20,22,24,25)/t14-/m1/s1. The number of aromatic amines is 2. The van der Waals surface area contributed by atoms with E-state index in [2.05, 4.69) is 15.3 Å². The Kier molecular flexibility index (Phi) is 4.14. The number of carbonyl (C=O) groups excluding carboxylic acids is 1. The molecule has 2 aromatic rings. The molecule has 7 nitrogen and oxygen atoms in total. The van der Waals surface area contributed by atoms with Gasteiger partial charge in [-0.15, -0.1) is 0 Å². The summed E-state index contributed by atoms with van der Waals surface area (Å²) in [7, 11) is 0. The molecular weight excluding hydrogens is 334 g/mol. The zero-order chi connectivity index (χ0) is 18.1. The molecule has 1 amide bonds. The van der Waals surface area contributed by atoms with Crippen molar-refractivity contribution in [3.05, 3.63) is 62.4 Å². The highest BCUT2D eigenvalue weighted by atomic mass is 16.5. The lowest BCUT2D eigenvalue weighted by Gasteiger charge is -2.40. The SMILES string of the molecule is O=C(Cc1c[nH]c(=O)[nH]c1=O)N[C@@H]1CC2(CCCC2)Oc2ccccc21. The summed E-state index contributed by atoms with van der Waals surface area (Å²) in [6.07, 6.45) is 6.19. The molecule has 0 bridgehead atoms. The van der Waals surface area contributed by atoms with Crippen LogP contribution in [-0.4, -0.2) is 21.5 Å². The van der Waals surface area contributed by atoms with Crippen molar-refractivity contribution >= 4 is 5.91 Å². The van der Waals surface area contributed by atoms with Crippen LogP contribution in [0.1, 0.15) is 49.3 Å². The van der Waals surface area contributed by atoms with Gasteiger partial charge in [0.25, 0.3) is 5.56 Å². The molecule has 2 heterocycles. The first-order valence-corrected chi connectivity index (χ1v) is 8.93. The maximum absolute atomic E-state index is 12.5. The fraction of sp³-hybridized carbons (Fsp3) is 0.421. The summed E-state index contributed by atoms with van der Waals surface area (Å²) in [6.45, 7) is 0. The number of carbonyl (C=O) groups is 1. The Balaban J connectivity index is 1.55. The molecule has 1 atom stereocenters. The summed E-state index contributed by atoms with van der Waals surface area (Å²) in [5.41, 5.74) is -0.127. The van der Waals surface area contributed by atoms with Gasteiger partial charge in [0.2, 0.25) is 5.91 Å². The first kappa shape index (κ1) is 16.6. The smallest absolute Gasteiger partial charge is 0.325 e. The molecule has 1 saturated carbocycles. The second kappa shape index (κ2) is 6.48. The average molecular weight is 355 g/mol. The summed E-state index contributed by atoms with van der Waals surface area (Å²) in [6, 6.07) is 7.63. The van der Waals surface area contributed by atoms with Crippen molar-refractivity contribution < 1.29 is 9.53 Å². The molecule has 0 radical (unpaired) electrons. The van der Waals surface area contributed by atoms with E-state index in [1.165, 1.54) is 6.20 Å². The molecule has 1 aliphatic carbocycles. The summed E-state index contributed by atoms with van der Waals surface area (Å²) >= 11 is 0. The normalized spacial score (nSPS) is 20.4. The molecule has 136 valence electrons. The Hall–Kier alpha value is -2.83. The van der Waals surface area contributed by atoms with E-state index in [0.717, 1.165) is 43.4 Å². The Labute approximate surface area is 149 Å². The van der Waals surface area contributed by atoms with Gasteiger partial charge in [-0.2, -0.15) is 0 Å². The molecule has 1 fully saturated rings. The van der Waals surface area contributed by atoms with Crippen molar-refractivity contribution in [3.63, 3.8) is 0 Å². The van der Waals surface area contributed by atoms with Gasteiger partial charge in [-0.25, -0.2) is 4.79 Å². The summed E-state index contributed by atoms with van der Waals surface area (Å²) in [5.74, 6) is 0.574. The van der Waals surface area contributed by atoms with Crippen LogP contribution in [0.25, 0.3) is 0 Å². The Bertz CT molecular complexity index is 940. The van der Waals surface area contributed by atoms with E-state index < -0.39 is 11.2 Å². The van der Waals surface area contributed by atoms with Crippen molar-refractivity contribution in [2.45, 2.75) is 50.2 Å². The minimum atomic E-state index is -0.583. The van der Waals surface area contributed by atoms with E-state index in [-0.39, 0.29) is 29.5 Å². The van der Waals surface area contributed by atoms with Gasteiger partial charge >= 0.3 is 5.69 Å². The van der Waals surface area contributed by atoms with Crippen molar-refractivity contribution in [1.82, 2.24) is 15.3 Å². The van der Waals surface area contributed by atoms with Gasteiger partial charge in [0.05, 0.1) is 12.5 Å². The van der Waals surface area contributed by atoms with Crippen LogP contribution in [-0.2, 0) is 11.2 Å². The highest BCUT2D eigenvalue weighted by Gasteiger charge is 2.43.